The minimum atomic E-state index is -4.13. The molecule has 0 saturated heterocycles. The first-order valence-electron chi connectivity index (χ1n) is 6.01. The molecule has 0 aromatic heterocycles. The highest BCUT2D eigenvalue weighted by Gasteiger charge is 2.37. The summed E-state index contributed by atoms with van der Waals surface area (Å²) in [4.78, 5) is 1.50. The van der Waals surface area contributed by atoms with E-state index in [9.17, 15) is 13.2 Å². The van der Waals surface area contributed by atoms with E-state index < -0.39 is 12.7 Å². The zero-order valence-electron chi connectivity index (χ0n) is 10.3. The SMILES string of the molecule is Cc1cc(CN(CC(F)(F)F)C2CC2)ccc1N. The highest BCUT2D eigenvalue weighted by atomic mass is 19.4. The van der Waals surface area contributed by atoms with Gasteiger partial charge in [0.25, 0.3) is 0 Å². The lowest BCUT2D eigenvalue weighted by Gasteiger charge is -2.23. The average Bonchev–Trinajstić information content (AvgIpc) is 3.04. The van der Waals surface area contributed by atoms with Crippen LogP contribution in [0.3, 0.4) is 0 Å². The van der Waals surface area contributed by atoms with Gasteiger partial charge in [0, 0.05) is 18.3 Å². The minimum Gasteiger partial charge on any atom is -0.399 e. The van der Waals surface area contributed by atoms with E-state index in [2.05, 4.69) is 0 Å². The third kappa shape index (κ3) is 3.63. The Balaban J connectivity index is 2.06. The number of alkyl halides is 3. The number of nitrogens with zero attached hydrogens (tertiary/aromatic N) is 1. The quantitative estimate of drug-likeness (QED) is 0.841. The van der Waals surface area contributed by atoms with Crippen LogP contribution in [-0.2, 0) is 6.54 Å². The van der Waals surface area contributed by atoms with Gasteiger partial charge in [-0.05, 0) is 37.0 Å². The number of hydrogen-bond acceptors (Lipinski definition) is 2. The molecule has 1 saturated carbocycles. The number of aryl methyl sites for hydroxylation is 1. The highest BCUT2D eigenvalue weighted by Crippen LogP contribution is 2.31. The minimum absolute atomic E-state index is 0.0875. The molecule has 0 radical (unpaired) electrons. The lowest BCUT2D eigenvalue weighted by molar-refractivity contribution is -0.148. The van der Waals surface area contributed by atoms with Crippen LogP contribution in [0.2, 0.25) is 0 Å². The third-order valence-electron chi connectivity index (χ3n) is 3.17. The standard InChI is InChI=1S/C13H17F3N2/c1-9-6-10(2-5-12(9)17)7-18(11-3-4-11)8-13(14,15)16/h2,5-6,11H,3-4,7-8,17H2,1H3. The van der Waals surface area contributed by atoms with Crippen molar-refractivity contribution >= 4 is 5.69 Å². The van der Waals surface area contributed by atoms with Crippen molar-refractivity contribution < 1.29 is 13.2 Å². The molecule has 2 nitrogen and oxygen atoms in total. The van der Waals surface area contributed by atoms with Crippen LogP contribution in [-0.4, -0.2) is 23.7 Å². The molecule has 0 bridgehead atoms. The Labute approximate surface area is 105 Å². The molecule has 1 fully saturated rings. The molecule has 0 spiro atoms. The van der Waals surface area contributed by atoms with Crippen LogP contribution >= 0.6 is 0 Å². The fourth-order valence-electron chi connectivity index (χ4n) is 2.05. The van der Waals surface area contributed by atoms with E-state index in [-0.39, 0.29) is 6.04 Å². The lowest BCUT2D eigenvalue weighted by Crippen LogP contribution is -2.35. The number of rotatable bonds is 4. The van der Waals surface area contributed by atoms with E-state index in [1.165, 1.54) is 4.90 Å². The summed E-state index contributed by atoms with van der Waals surface area (Å²) in [6, 6.07) is 5.50. The molecule has 0 atom stereocenters. The predicted octanol–water partition coefficient (Wildman–Crippen LogP) is 3.10. The maximum absolute atomic E-state index is 12.5. The van der Waals surface area contributed by atoms with Crippen LogP contribution in [0.15, 0.2) is 18.2 Å². The largest absolute Gasteiger partial charge is 0.401 e. The van der Waals surface area contributed by atoms with Gasteiger partial charge >= 0.3 is 6.18 Å². The van der Waals surface area contributed by atoms with Crippen molar-refractivity contribution in [1.29, 1.82) is 0 Å². The molecule has 0 aliphatic heterocycles. The maximum atomic E-state index is 12.5. The molecule has 5 heteroatoms. The normalized spacial score (nSPS) is 16.3. The Morgan fingerprint density at radius 3 is 2.50 bits per heavy atom. The number of hydrogen-bond donors (Lipinski definition) is 1. The van der Waals surface area contributed by atoms with Gasteiger partial charge in [0.15, 0.2) is 0 Å². The van der Waals surface area contributed by atoms with Crippen molar-refractivity contribution in [3.05, 3.63) is 29.3 Å². The van der Waals surface area contributed by atoms with Crippen LogP contribution < -0.4 is 5.73 Å². The van der Waals surface area contributed by atoms with Crippen LogP contribution in [0.5, 0.6) is 0 Å². The molecule has 18 heavy (non-hydrogen) atoms. The van der Waals surface area contributed by atoms with Gasteiger partial charge in [0.05, 0.1) is 6.54 Å². The van der Waals surface area contributed by atoms with Crippen LogP contribution in [0.25, 0.3) is 0 Å². The number of nitrogens with two attached hydrogens (primary N) is 1. The zero-order valence-corrected chi connectivity index (χ0v) is 10.3. The molecule has 2 N–H and O–H groups in total. The van der Waals surface area contributed by atoms with Crippen LogP contribution in [0.4, 0.5) is 18.9 Å². The maximum Gasteiger partial charge on any atom is 0.401 e. The van der Waals surface area contributed by atoms with E-state index in [4.69, 9.17) is 5.73 Å². The molecule has 1 aromatic carbocycles. The molecular weight excluding hydrogens is 241 g/mol. The molecule has 0 amide bonds. The van der Waals surface area contributed by atoms with Crippen LogP contribution in [0, 0.1) is 6.92 Å². The molecule has 0 heterocycles. The Bertz CT molecular complexity index is 425. The number of benzene rings is 1. The number of halogens is 3. The van der Waals surface area contributed by atoms with Gasteiger partial charge in [-0.2, -0.15) is 13.2 Å². The van der Waals surface area contributed by atoms with Gasteiger partial charge in [0.1, 0.15) is 0 Å². The van der Waals surface area contributed by atoms with Gasteiger partial charge < -0.3 is 5.73 Å². The second-order valence-corrected chi connectivity index (χ2v) is 4.94. The van der Waals surface area contributed by atoms with Crippen molar-refractivity contribution in [2.75, 3.05) is 12.3 Å². The molecule has 1 aliphatic rings. The predicted molar refractivity (Wildman–Crippen MR) is 65.1 cm³/mol. The van der Waals surface area contributed by atoms with Gasteiger partial charge in [-0.15, -0.1) is 0 Å². The Hall–Kier alpha value is -1.23. The van der Waals surface area contributed by atoms with Gasteiger partial charge in [-0.1, -0.05) is 12.1 Å². The molecule has 2 rings (SSSR count). The van der Waals surface area contributed by atoms with Gasteiger partial charge in [0.2, 0.25) is 0 Å². The van der Waals surface area contributed by atoms with Crippen molar-refractivity contribution in [1.82, 2.24) is 4.90 Å². The van der Waals surface area contributed by atoms with Crippen molar-refractivity contribution in [2.24, 2.45) is 0 Å². The highest BCUT2D eigenvalue weighted by molar-refractivity contribution is 5.47. The van der Waals surface area contributed by atoms with Crippen molar-refractivity contribution in [3.63, 3.8) is 0 Å². The second-order valence-electron chi connectivity index (χ2n) is 4.94. The van der Waals surface area contributed by atoms with Crippen LogP contribution in [0.1, 0.15) is 24.0 Å². The van der Waals surface area contributed by atoms with E-state index >= 15 is 0 Å². The average molecular weight is 258 g/mol. The van der Waals surface area contributed by atoms with Crippen molar-refractivity contribution in [2.45, 2.75) is 38.5 Å². The summed E-state index contributed by atoms with van der Waals surface area (Å²) in [5.41, 5.74) is 8.17. The summed E-state index contributed by atoms with van der Waals surface area (Å²) in [5, 5.41) is 0. The molecule has 0 unspecified atom stereocenters. The summed E-state index contributed by atoms with van der Waals surface area (Å²) < 4.78 is 37.4. The summed E-state index contributed by atoms with van der Waals surface area (Å²) in [7, 11) is 0. The molecule has 1 aliphatic carbocycles. The monoisotopic (exact) mass is 258 g/mol. The van der Waals surface area contributed by atoms with E-state index in [0.29, 0.717) is 12.2 Å². The third-order valence-corrected chi connectivity index (χ3v) is 3.17. The van der Waals surface area contributed by atoms with Gasteiger partial charge in [-0.3, -0.25) is 4.90 Å². The number of nitrogen functional groups attached to an aromatic ring is 1. The Morgan fingerprint density at radius 2 is 2.00 bits per heavy atom. The van der Waals surface area contributed by atoms with Crippen molar-refractivity contribution in [3.8, 4) is 0 Å². The first-order chi connectivity index (χ1) is 8.35. The molecule has 100 valence electrons. The fraction of sp³-hybridized carbons (Fsp3) is 0.538. The first kappa shape index (κ1) is 13.2. The summed E-state index contributed by atoms with van der Waals surface area (Å²) >= 11 is 0. The van der Waals surface area contributed by atoms with Gasteiger partial charge in [-0.25, -0.2) is 0 Å². The number of anilines is 1. The fourth-order valence-corrected chi connectivity index (χ4v) is 2.05. The summed E-state index contributed by atoms with van der Waals surface area (Å²) in [5.74, 6) is 0. The zero-order chi connectivity index (χ0) is 13.3. The van der Waals surface area contributed by atoms with E-state index in [0.717, 1.165) is 24.0 Å². The Kier molecular flexibility index (Phi) is 3.52. The molecule has 1 aromatic rings. The lowest BCUT2D eigenvalue weighted by atomic mass is 10.1. The van der Waals surface area contributed by atoms with E-state index in [1.807, 2.05) is 13.0 Å². The smallest absolute Gasteiger partial charge is 0.399 e. The van der Waals surface area contributed by atoms with E-state index in [1.54, 1.807) is 12.1 Å². The summed E-state index contributed by atoms with van der Waals surface area (Å²) in [6.07, 6.45) is -2.40. The topological polar surface area (TPSA) is 29.3 Å². The second kappa shape index (κ2) is 4.80. The Morgan fingerprint density at radius 1 is 1.33 bits per heavy atom. The first-order valence-corrected chi connectivity index (χ1v) is 6.01. The molecular formula is C13H17F3N2. The summed E-state index contributed by atoms with van der Waals surface area (Å²) in [6.45, 7) is 1.37.